The molecule has 0 saturated carbocycles. The fourth-order valence-electron chi connectivity index (χ4n) is 2.69. The first-order valence-corrected chi connectivity index (χ1v) is 7.72. The summed E-state index contributed by atoms with van der Waals surface area (Å²) >= 11 is 0. The number of nitrogens with one attached hydrogen (secondary N) is 1. The maximum absolute atomic E-state index is 3.48. The normalized spacial score (nSPS) is 12.6. The van der Waals surface area contributed by atoms with Gasteiger partial charge in [0.15, 0.2) is 0 Å². The van der Waals surface area contributed by atoms with Gasteiger partial charge in [-0.1, -0.05) is 67.1 Å². The minimum atomic E-state index is 0.395. The average molecular weight is 282 g/mol. The molecule has 1 N–H and O–H groups in total. The standard InChI is InChI=1S/C19H26N2/c1-4-20-14-19(18-11-6-5-7-12-18)21(3)15-17-10-8-9-16(2)13-17/h5-13,19-20H,4,14-15H2,1-3H3. The Morgan fingerprint density at radius 3 is 2.48 bits per heavy atom. The molecule has 112 valence electrons. The van der Waals surface area contributed by atoms with Crippen LogP contribution in [0.3, 0.4) is 0 Å². The first-order chi connectivity index (χ1) is 10.2. The molecule has 0 heterocycles. The predicted octanol–water partition coefficient (Wildman–Crippen LogP) is 3.78. The van der Waals surface area contributed by atoms with Gasteiger partial charge in [0.05, 0.1) is 0 Å². The van der Waals surface area contributed by atoms with E-state index in [4.69, 9.17) is 0 Å². The summed E-state index contributed by atoms with van der Waals surface area (Å²) in [4.78, 5) is 2.42. The molecule has 0 aromatic heterocycles. The van der Waals surface area contributed by atoms with Crippen LogP contribution in [0.2, 0.25) is 0 Å². The third-order valence-electron chi connectivity index (χ3n) is 3.82. The van der Waals surface area contributed by atoms with Crippen molar-refractivity contribution in [2.45, 2.75) is 26.4 Å². The zero-order chi connectivity index (χ0) is 15.1. The molecule has 0 radical (unpaired) electrons. The number of hydrogen-bond donors (Lipinski definition) is 1. The molecule has 2 heteroatoms. The van der Waals surface area contributed by atoms with E-state index < -0.39 is 0 Å². The number of likely N-dealkylation sites (N-methyl/N-ethyl adjacent to an activating group) is 2. The lowest BCUT2D eigenvalue weighted by Gasteiger charge is -2.29. The van der Waals surface area contributed by atoms with Crippen molar-refractivity contribution < 1.29 is 0 Å². The van der Waals surface area contributed by atoms with Gasteiger partial charge in [-0.15, -0.1) is 0 Å². The lowest BCUT2D eigenvalue weighted by atomic mass is 10.0. The summed E-state index contributed by atoms with van der Waals surface area (Å²) < 4.78 is 0. The molecular formula is C19H26N2. The highest BCUT2D eigenvalue weighted by Crippen LogP contribution is 2.21. The lowest BCUT2D eigenvalue weighted by molar-refractivity contribution is 0.231. The molecule has 0 spiro atoms. The number of rotatable bonds is 7. The molecule has 2 aromatic rings. The monoisotopic (exact) mass is 282 g/mol. The Balaban J connectivity index is 2.12. The van der Waals surface area contributed by atoms with Gasteiger partial charge >= 0.3 is 0 Å². The number of hydrogen-bond acceptors (Lipinski definition) is 2. The minimum absolute atomic E-state index is 0.395. The minimum Gasteiger partial charge on any atom is -0.315 e. The number of nitrogens with zero attached hydrogens (tertiary/aromatic N) is 1. The Hall–Kier alpha value is -1.64. The fraction of sp³-hybridized carbons (Fsp3) is 0.368. The van der Waals surface area contributed by atoms with E-state index in [1.807, 2.05) is 0 Å². The Labute approximate surface area is 128 Å². The lowest BCUT2D eigenvalue weighted by Crippen LogP contribution is -2.33. The maximum atomic E-state index is 3.48. The average Bonchev–Trinajstić information content (AvgIpc) is 2.49. The molecule has 2 nitrogen and oxygen atoms in total. The molecule has 0 saturated heterocycles. The van der Waals surface area contributed by atoms with Gasteiger partial charge in [0.25, 0.3) is 0 Å². The van der Waals surface area contributed by atoms with E-state index in [1.54, 1.807) is 0 Å². The summed E-state index contributed by atoms with van der Waals surface area (Å²) in [5.74, 6) is 0. The van der Waals surface area contributed by atoms with Crippen LogP contribution >= 0.6 is 0 Å². The van der Waals surface area contributed by atoms with Crippen molar-refractivity contribution >= 4 is 0 Å². The summed E-state index contributed by atoms with van der Waals surface area (Å²) in [6.07, 6.45) is 0. The number of benzene rings is 2. The molecular weight excluding hydrogens is 256 g/mol. The Morgan fingerprint density at radius 1 is 1.05 bits per heavy atom. The smallest absolute Gasteiger partial charge is 0.0473 e. The first-order valence-electron chi connectivity index (χ1n) is 7.72. The van der Waals surface area contributed by atoms with Crippen molar-refractivity contribution in [1.29, 1.82) is 0 Å². The highest BCUT2D eigenvalue weighted by atomic mass is 15.1. The van der Waals surface area contributed by atoms with Gasteiger partial charge in [-0.3, -0.25) is 4.90 Å². The molecule has 0 aliphatic rings. The van der Waals surface area contributed by atoms with Crippen LogP contribution < -0.4 is 5.32 Å². The summed E-state index contributed by atoms with van der Waals surface area (Å²) in [5, 5.41) is 3.48. The van der Waals surface area contributed by atoms with E-state index in [0.717, 1.165) is 19.6 Å². The zero-order valence-electron chi connectivity index (χ0n) is 13.3. The molecule has 2 aromatic carbocycles. The van der Waals surface area contributed by atoms with Crippen molar-refractivity contribution in [2.24, 2.45) is 0 Å². The van der Waals surface area contributed by atoms with Crippen LogP contribution in [0.4, 0.5) is 0 Å². The molecule has 1 unspecified atom stereocenters. The molecule has 0 aliphatic heterocycles. The second-order valence-electron chi connectivity index (χ2n) is 5.64. The van der Waals surface area contributed by atoms with Gasteiger partial charge in [0.1, 0.15) is 0 Å². The van der Waals surface area contributed by atoms with Crippen LogP contribution in [0.15, 0.2) is 54.6 Å². The van der Waals surface area contributed by atoms with E-state index in [0.29, 0.717) is 6.04 Å². The Kier molecular flexibility index (Phi) is 5.97. The van der Waals surface area contributed by atoms with Crippen LogP contribution in [0.25, 0.3) is 0 Å². The van der Waals surface area contributed by atoms with Crippen LogP contribution in [0.1, 0.15) is 29.7 Å². The Bertz CT molecular complexity index is 536. The third kappa shape index (κ3) is 4.69. The van der Waals surface area contributed by atoms with Gasteiger partial charge < -0.3 is 5.32 Å². The second-order valence-corrected chi connectivity index (χ2v) is 5.64. The van der Waals surface area contributed by atoms with Crippen molar-refractivity contribution in [3.8, 4) is 0 Å². The molecule has 21 heavy (non-hydrogen) atoms. The van der Waals surface area contributed by atoms with Gasteiger partial charge in [0, 0.05) is 19.1 Å². The Morgan fingerprint density at radius 2 is 1.81 bits per heavy atom. The highest BCUT2D eigenvalue weighted by Gasteiger charge is 2.16. The van der Waals surface area contributed by atoms with Crippen molar-refractivity contribution in [3.63, 3.8) is 0 Å². The van der Waals surface area contributed by atoms with Gasteiger partial charge in [-0.05, 0) is 31.6 Å². The molecule has 2 rings (SSSR count). The highest BCUT2D eigenvalue weighted by molar-refractivity contribution is 5.23. The van der Waals surface area contributed by atoms with E-state index in [1.165, 1.54) is 16.7 Å². The second kappa shape index (κ2) is 7.96. The van der Waals surface area contributed by atoms with E-state index >= 15 is 0 Å². The van der Waals surface area contributed by atoms with E-state index in [9.17, 15) is 0 Å². The van der Waals surface area contributed by atoms with Gasteiger partial charge in [-0.2, -0.15) is 0 Å². The van der Waals surface area contributed by atoms with Crippen molar-refractivity contribution in [1.82, 2.24) is 10.2 Å². The summed E-state index contributed by atoms with van der Waals surface area (Å²) in [7, 11) is 2.21. The van der Waals surface area contributed by atoms with Gasteiger partial charge in [-0.25, -0.2) is 0 Å². The number of aryl methyl sites for hydroxylation is 1. The third-order valence-corrected chi connectivity index (χ3v) is 3.82. The molecule has 0 fully saturated rings. The van der Waals surface area contributed by atoms with E-state index in [-0.39, 0.29) is 0 Å². The summed E-state index contributed by atoms with van der Waals surface area (Å²) in [6.45, 7) is 7.25. The quantitative estimate of drug-likeness (QED) is 0.831. The largest absolute Gasteiger partial charge is 0.315 e. The summed E-state index contributed by atoms with van der Waals surface area (Å²) in [6, 6.07) is 19.9. The predicted molar refractivity (Wildman–Crippen MR) is 90.4 cm³/mol. The SMILES string of the molecule is CCNCC(c1ccccc1)N(C)Cc1cccc(C)c1. The summed E-state index contributed by atoms with van der Waals surface area (Å²) in [5.41, 5.74) is 4.06. The fourth-order valence-corrected chi connectivity index (χ4v) is 2.69. The topological polar surface area (TPSA) is 15.3 Å². The van der Waals surface area contributed by atoms with Crippen LogP contribution in [-0.4, -0.2) is 25.0 Å². The van der Waals surface area contributed by atoms with Crippen LogP contribution in [-0.2, 0) is 6.54 Å². The van der Waals surface area contributed by atoms with Crippen molar-refractivity contribution in [2.75, 3.05) is 20.1 Å². The molecule has 1 atom stereocenters. The van der Waals surface area contributed by atoms with Crippen LogP contribution in [0.5, 0.6) is 0 Å². The van der Waals surface area contributed by atoms with Crippen LogP contribution in [0, 0.1) is 6.92 Å². The molecule has 0 aliphatic carbocycles. The first kappa shape index (κ1) is 15.7. The molecule has 0 bridgehead atoms. The van der Waals surface area contributed by atoms with Gasteiger partial charge in [0.2, 0.25) is 0 Å². The molecule has 0 amide bonds. The zero-order valence-corrected chi connectivity index (χ0v) is 13.3. The van der Waals surface area contributed by atoms with E-state index in [2.05, 4.69) is 85.7 Å². The maximum Gasteiger partial charge on any atom is 0.0473 e. The van der Waals surface area contributed by atoms with Crippen molar-refractivity contribution in [3.05, 3.63) is 71.3 Å².